The normalized spacial score (nSPS) is 11.1. The maximum absolute atomic E-state index is 11.3. The lowest BCUT2D eigenvalue weighted by atomic mass is 10.2. The number of methoxy groups -OCH3 is 1. The van der Waals surface area contributed by atoms with E-state index in [4.69, 9.17) is 14.2 Å². The molecule has 0 radical (unpaired) electrons. The van der Waals surface area contributed by atoms with Crippen molar-refractivity contribution >= 4 is 5.97 Å². The quantitative estimate of drug-likeness (QED) is 0.789. The second kappa shape index (κ2) is 7.15. The van der Waals surface area contributed by atoms with Crippen LogP contribution in [0.2, 0.25) is 0 Å². The second-order valence-corrected chi connectivity index (χ2v) is 5.48. The molecule has 2 aromatic rings. The minimum atomic E-state index is -1.05. The lowest BCUT2D eigenvalue weighted by Crippen LogP contribution is -2.30. The number of carbonyl (C=O) groups is 1. The fourth-order valence-corrected chi connectivity index (χ4v) is 1.90. The SMILES string of the molecule is COC(C)(C)Oc1cc(OCc2ccccc2)cc(C(=O)O)c1. The van der Waals surface area contributed by atoms with Gasteiger partial charge >= 0.3 is 5.97 Å². The molecule has 0 aliphatic heterocycles. The van der Waals surface area contributed by atoms with E-state index in [1.165, 1.54) is 19.2 Å². The molecule has 122 valence electrons. The van der Waals surface area contributed by atoms with Crippen molar-refractivity contribution in [2.24, 2.45) is 0 Å². The molecular weight excluding hydrogens is 296 g/mol. The van der Waals surface area contributed by atoms with Crippen LogP contribution in [0.4, 0.5) is 0 Å². The maximum atomic E-state index is 11.3. The summed E-state index contributed by atoms with van der Waals surface area (Å²) >= 11 is 0. The predicted octanol–water partition coefficient (Wildman–Crippen LogP) is 3.73. The van der Waals surface area contributed by atoms with Gasteiger partial charge in [-0.3, -0.25) is 0 Å². The summed E-state index contributed by atoms with van der Waals surface area (Å²) in [5.41, 5.74) is 1.09. The fourth-order valence-electron chi connectivity index (χ4n) is 1.90. The molecule has 5 nitrogen and oxygen atoms in total. The molecule has 0 atom stereocenters. The molecule has 1 N–H and O–H groups in total. The van der Waals surface area contributed by atoms with Crippen LogP contribution >= 0.6 is 0 Å². The first kappa shape index (κ1) is 16.8. The Labute approximate surface area is 135 Å². The first-order valence-electron chi connectivity index (χ1n) is 7.19. The van der Waals surface area contributed by atoms with Gasteiger partial charge in [-0.05, 0) is 17.7 Å². The van der Waals surface area contributed by atoms with E-state index in [1.54, 1.807) is 19.9 Å². The first-order chi connectivity index (χ1) is 10.9. The van der Waals surface area contributed by atoms with Gasteiger partial charge in [0.1, 0.15) is 18.1 Å². The van der Waals surface area contributed by atoms with Crippen molar-refractivity contribution in [3.8, 4) is 11.5 Å². The third-order valence-electron chi connectivity index (χ3n) is 3.23. The lowest BCUT2D eigenvalue weighted by molar-refractivity contribution is -0.134. The van der Waals surface area contributed by atoms with Crippen molar-refractivity contribution in [1.29, 1.82) is 0 Å². The predicted molar refractivity (Wildman–Crippen MR) is 85.9 cm³/mol. The Kier molecular flexibility index (Phi) is 5.24. The van der Waals surface area contributed by atoms with Crippen LogP contribution < -0.4 is 9.47 Å². The number of carboxylic acids is 1. The van der Waals surface area contributed by atoms with Crippen LogP contribution in [0.5, 0.6) is 11.5 Å². The van der Waals surface area contributed by atoms with Gasteiger partial charge in [-0.25, -0.2) is 4.79 Å². The van der Waals surface area contributed by atoms with Crippen LogP contribution in [0, 0.1) is 0 Å². The second-order valence-electron chi connectivity index (χ2n) is 5.48. The van der Waals surface area contributed by atoms with E-state index in [1.807, 2.05) is 30.3 Å². The Bertz CT molecular complexity index is 664. The van der Waals surface area contributed by atoms with Gasteiger partial charge < -0.3 is 19.3 Å². The third-order valence-corrected chi connectivity index (χ3v) is 3.23. The van der Waals surface area contributed by atoms with Crippen molar-refractivity contribution < 1.29 is 24.1 Å². The molecule has 0 aromatic heterocycles. The molecule has 0 amide bonds. The average molecular weight is 316 g/mol. The number of ether oxygens (including phenoxy) is 3. The smallest absolute Gasteiger partial charge is 0.335 e. The minimum Gasteiger partial charge on any atom is -0.489 e. The molecule has 2 aromatic carbocycles. The van der Waals surface area contributed by atoms with Crippen LogP contribution in [-0.4, -0.2) is 24.0 Å². The van der Waals surface area contributed by atoms with Crippen LogP contribution in [0.25, 0.3) is 0 Å². The van der Waals surface area contributed by atoms with E-state index in [0.29, 0.717) is 18.1 Å². The molecular formula is C18H20O5. The Morgan fingerprint density at radius 1 is 1.09 bits per heavy atom. The van der Waals surface area contributed by atoms with Crippen LogP contribution in [-0.2, 0) is 11.3 Å². The standard InChI is InChI=1S/C18H20O5/c1-18(2,21-3)23-16-10-14(17(19)20)9-15(11-16)22-12-13-7-5-4-6-8-13/h4-11H,12H2,1-3H3,(H,19,20). The summed E-state index contributed by atoms with van der Waals surface area (Å²) in [6.07, 6.45) is 0. The van der Waals surface area contributed by atoms with Gasteiger partial charge in [-0.2, -0.15) is 0 Å². The largest absolute Gasteiger partial charge is 0.489 e. The van der Waals surface area contributed by atoms with Gasteiger partial charge in [0.25, 0.3) is 0 Å². The number of benzene rings is 2. The zero-order valence-corrected chi connectivity index (χ0v) is 13.4. The molecule has 0 aliphatic carbocycles. The summed E-state index contributed by atoms with van der Waals surface area (Å²) in [5, 5.41) is 9.23. The molecule has 0 unspecified atom stereocenters. The molecule has 0 bridgehead atoms. The highest BCUT2D eigenvalue weighted by molar-refractivity contribution is 5.88. The monoisotopic (exact) mass is 316 g/mol. The topological polar surface area (TPSA) is 65.0 Å². The summed E-state index contributed by atoms with van der Waals surface area (Å²) < 4.78 is 16.6. The fraction of sp³-hybridized carbons (Fsp3) is 0.278. The van der Waals surface area contributed by atoms with Gasteiger partial charge in [0.2, 0.25) is 5.79 Å². The maximum Gasteiger partial charge on any atom is 0.335 e. The van der Waals surface area contributed by atoms with Gasteiger partial charge in [-0.1, -0.05) is 30.3 Å². The van der Waals surface area contributed by atoms with E-state index in [9.17, 15) is 9.90 Å². The molecule has 2 rings (SSSR count). The van der Waals surface area contributed by atoms with Crippen molar-refractivity contribution in [2.45, 2.75) is 26.2 Å². The van der Waals surface area contributed by atoms with E-state index >= 15 is 0 Å². The zero-order valence-electron chi connectivity index (χ0n) is 13.4. The number of hydrogen-bond donors (Lipinski definition) is 1. The molecule has 0 heterocycles. The summed E-state index contributed by atoms with van der Waals surface area (Å²) in [5.74, 6) is -1.11. The van der Waals surface area contributed by atoms with Crippen molar-refractivity contribution in [3.05, 3.63) is 59.7 Å². The highest BCUT2D eigenvalue weighted by Gasteiger charge is 2.20. The number of hydrogen-bond acceptors (Lipinski definition) is 4. The van der Waals surface area contributed by atoms with Gasteiger partial charge in [0.05, 0.1) is 5.56 Å². The van der Waals surface area contributed by atoms with Crippen molar-refractivity contribution in [2.75, 3.05) is 7.11 Å². The Morgan fingerprint density at radius 2 is 1.74 bits per heavy atom. The lowest BCUT2D eigenvalue weighted by Gasteiger charge is -2.25. The van der Waals surface area contributed by atoms with Gasteiger partial charge in [-0.15, -0.1) is 0 Å². The number of rotatable bonds is 7. The Hall–Kier alpha value is -2.53. The highest BCUT2D eigenvalue weighted by atomic mass is 16.7. The molecule has 0 saturated heterocycles. The van der Waals surface area contributed by atoms with Crippen molar-refractivity contribution in [3.63, 3.8) is 0 Å². The number of aromatic carboxylic acids is 1. The Morgan fingerprint density at radius 3 is 2.35 bits per heavy atom. The number of carboxylic acid groups (broad SMARTS) is 1. The zero-order chi connectivity index (χ0) is 16.9. The van der Waals surface area contributed by atoms with Gasteiger partial charge in [0.15, 0.2) is 0 Å². The molecule has 0 aliphatic rings. The minimum absolute atomic E-state index is 0.0949. The average Bonchev–Trinajstić information content (AvgIpc) is 2.53. The van der Waals surface area contributed by atoms with Crippen molar-refractivity contribution in [1.82, 2.24) is 0 Å². The van der Waals surface area contributed by atoms with Crippen LogP contribution in [0.15, 0.2) is 48.5 Å². The van der Waals surface area contributed by atoms with E-state index < -0.39 is 11.8 Å². The summed E-state index contributed by atoms with van der Waals surface area (Å²) in [6, 6.07) is 14.2. The molecule has 5 heteroatoms. The van der Waals surface area contributed by atoms with E-state index in [-0.39, 0.29) is 5.56 Å². The van der Waals surface area contributed by atoms with Crippen LogP contribution in [0.3, 0.4) is 0 Å². The summed E-state index contributed by atoms with van der Waals surface area (Å²) in [4.78, 5) is 11.3. The molecule has 0 spiro atoms. The Balaban J connectivity index is 2.21. The molecule has 0 fully saturated rings. The van der Waals surface area contributed by atoms with E-state index in [2.05, 4.69) is 0 Å². The summed E-state index contributed by atoms with van der Waals surface area (Å²) in [6.45, 7) is 3.83. The van der Waals surface area contributed by atoms with E-state index in [0.717, 1.165) is 5.56 Å². The summed E-state index contributed by atoms with van der Waals surface area (Å²) in [7, 11) is 1.52. The molecule has 23 heavy (non-hydrogen) atoms. The van der Waals surface area contributed by atoms with Gasteiger partial charge in [0, 0.05) is 27.0 Å². The molecule has 0 saturated carbocycles. The first-order valence-corrected chi connectivity index (χ1v) is 7.19. The highest BCUT2D eigenvalue weighted by Crippen LogP contribution is 2.27. The third kappa shape index (κ3) is 5.00. The van der Waals surface area contributed by atoms with Crippen LogP contribution in [0.1, 0.15) is 29.8 Å².